The van der Waals surface area contributed by atoms with E-state index in [2.05, 4.69) is 27.2 Å². The highest BCUT2D eigenvalue weighted by Crippen LogP contribution is 2.29. The number of hydrogen-bond donors (Lipinski definition) is 3. The predicted molar refractivity (Wildman–Crippen MR) is 116 cm³/mol. The number of Topliss-reactive ketones (excluding diaryl/α,β-unsaturated/α-hetero) is 1. The number of thiophene rings is 1. The molecule has 4 rings (SSSR count). The van der Waals surface area contributed by atoms with E-state index in [1.54, 1.807) is 6.07 Å². The molecule has 0 saturated heterocycles. The van der Waals surface area contributed by atoms with E-state index in [0.29, 0.717) is 46.1 Å². The summed E-state index contributed by atoms with van der Waals surface area (Å²) < 4.78 is 5.36. The molecule has 1 aliphatic rings. The van der Waals surface area contributed by atoms with E-state index < -0.39 is 0 Å². The van der Waals surface area contributed by atoms with E-state index in [1.165, 1.54) is 18.3 Å². The van der Waals surface area contributed by atoms with Crippen molar-refractivity contribution in [3.05, 3.63) is 57.0 Å². The van der Waals surface area contributed by atoms with E-state index in [4.69, 9.17) is 4.74 Å². The first-order chi connectivity index (χ1) is 14.3. The SMILES string of the molecule is C=C(NCc1ccc2c(c1)NC(=O)CO2)c1nc2sc(CC(C)=O)c(C)c2c(=O)[nH]1. The summed E-state index contributed by atoms with van der Waals surface area (Å²) in [5.74, 6) is 0.822. The van der Waals surface area contributed by atoms with Crippen molar-refractivity contribution in [2.45, 2.75) is 26.8 Å². The van der Waals surface area contributed by atoms with Crippen LogP contribution in [0.15, 0.2) is 29.6 Å². The van der Waals surface area contributed by atoms with Crippen LogP contribution in [0.25, 0.3) is 15.9 Å². The van der Waals surface area contributed by atoms with Crippen molar-refractivity contribution in [2.24, 2.45) is 0 Å². The van der Waals surface area contributed by atoms with Gasteiger partial charge in [0.15, 0.2) is 12.4 Å². The van der Waals surface area contributed by atoms with Gasteiger partial charge in [-0.15, -0.1) is 11.3 Å². The first-order valence-electron chi connectivity index (χ1n) is 9.32. The fraction of sp³-hybridized carbons (Fsp3) is 0.238. The maximum Gasteiger partial charge on any atom is 0.262 e. The third-order valence-electron chi connectivity index (χ3n) is 4.78. The number of ether oxygens (including phenoxy) is 1. The molecule has 1 aliphatic heterocycles. The number of carbonyl (C=O) groups is 2. The second kappa shape index (κ2) is 7.75. The highest BCUT2D eigenvalue weighted by molar-refractivity contribution is 7.18. The topological polar surface area (TPSA) is 113 Å². The van der Waals surface area contributed by atoms with Gasteiger partial charge in [-0.2, -0.15) is 0 Å². The molecule has 154 valence electrons. The van der Waals surface area contributed by atoms with Crippen LogP contribution in [0.2, 0.25) is 0 Å². The van der Waals surface area contributed by atoms with Crippen molar-refractivity contribution in [2.75, 3.05) is 11.9 Å². The highest BCUT2D eigenvalue weighted by Gasteiger charge is 2.17. The Bertz CT molecular complexity index is 1260. The summed E-state index contributed by atoms with van der Waals surface area (Å²) in [6, 6.07) is 5.50. The molecule has 0 aliphatic carbocycles. The molecule has 8 nitrogen and oxygen atoms in total. The fourth-order valence-corrected chi connectivity index (χ4v) is 4.51. The van der Waals surface area contributed by atoms with Gasteiger partial charge in [-0.1, -0.05) is 12.6 Å². The van der Waals surface area contributed by atoms with Crippen LogP contribution in [0.3, 0.4) is 0 Å². The normalized spacial score (nSPS) is 12.8. The lowest BCUT2D eigenvalue weighted by Gasteiger charge is -2.18. The van der Waals surface area contributed by atoms with E-state index >= 15 is 0 Å². The Hall–Kier alpha value is -3.46. The third-order valence-corrected chi connectivity index (χ3v) is 5.96. The van der Waals surface area contributed by atoms with Gasteiger partial charge in [-0.3, -0.25) is 14.4 Å². The molecule has 0 radical (unpaired) electrons. The van der Waals surface area contributed by atoms with Crippen LogP contribution >= 0.6 is 11.3 Å². The second-order valence-corrected chi connectivity index (χ2v) is 8.21. The van der Waals surface area contributed by atoms with Crippen molar-refractivity contribution < 1.29 is 14.3 Å². The van der Waals surface area contributed by atoms with Crippen molar-refractivity contribution in [1.82, 2.24) is 15.3 Å². The van der Waals surface area contributed by atoms with Crippen LogP contribution in [0.5, 0.6) is 5.75 Å². The van der Waals surface area contributed by atoms with Crippen LogP contribution in [0, 0.1) is 6.92 Å². The number of nitrogens with zero attached hydrogens (tertiary/aromatic N) is 1. The molecular weight excluding hydrogens is 404 g/mol. The molecule has 2 aromatic heterocycles. The van der Waals surface area contributed by atoms with Crippen LogP contribution in [-0.4, -0.2) is 28.3 Å². The minimum Gasteiger partial charge on any atom is -0.482 e. The quantitative estimate of drug-likeness (QED) is 0.560. The lowest BCUT2D eigenvalue weighted by molar-refractivity contribution is -0.118. The molecule has 9 heteroatoms. The minimum atomic E-state index is -0.254. The number of nitrogens with one attached hydrogen (secondary N) is 3. The number of fused-ring (bicyclic) bond motifs is 2. The first-order valence-corrected chi connectivity index (χ1v) is 10.1. The molecule has 1 amide bonds. The molecule has 3 N–H and O–H groups in total. The zero-order valence-corrected chi connectivity index (χ0v) is 17.4. The molecule has 0 unspecified atom stereocenters. The zero-order valence-electron chi connectivity index (χ0n) is 16.5. The zero-order chi connectivity index (χ0) is 21.4. The molecule has 0 atom stereocenters. The van der Waals surface area contributed by atoms with Crippen LogP contribution in [0.1, 0.15) is 28.8 Å². The molecule has 0 fully saturated rings. The smallest absolute Gasteiger partial charge is 0.262 e. The van der Waals surface area contributed by atoms with Crippen molar-refractivity contribution in [3.63, 3.8) is 0 Å². The maximum atomic E-state index is 12.6. The lowest BCUT2D eigenvalue weighted by Crippen LogP contribution is -2.25. The molecule has 0 spiro atoms. The monoisotopic (exact) mass is 424 g/mol. The largest absolute Gasteiger partial charge is 0.482 e. The summed E-state index contributed by atoms with van der Waals surface area (Å²) in [4.78, 5) is 44.3. The molecule has 3 aromatic rings. The second-order valence-electron chi connectivity index (χ2n) is 7.12. The number of benzene rings is 1. The summed E-state index contributed by atoms with van der Waals surface area (Å²) >= 11 is 1.35. The highest BCUT2D eigenvalue weighted by atomic mass is 32.1. The first kappa shape index (κ1) is 19.8. The number of amides is 1. The third kappa shape index (κ3) is 3.84. The van der Waals surface area contributed by atoms with Crippen LogP contribution in [-0.2, 0) is 22.6 Å². The van der Waals surface area contributed by atoms with Gasteiger partial charge in [0.05, 0.1) is 16.8 Å². The Morgan fingerprint density at radius 3 is 2.93 bits per heavy atom. The van der Waals surface area contributed by atoms with Gasteiger partial charge in [0.1, 0.15) is 16.4 Å². The average Bonchev–Trinajstić information content (AvgIpc) is 3.00. The molecule has 1 aromatic carbocycles. The number of carbonyl (C=O) groups excluding carboxylic acids is 2. The van der Waals surface area contributed by atoms with Crippen molar-refractivity contribution in [1.29, 1.82) is 0 Å². The fourth-order valence-electron chi connectivity index (χ4n) is 3.26. The summed E-state index contributed by atoms with van der Waals surface area (Å²) in [7, 11) is 0. The molecule has 3 heterocycles. The van der Waals surface area contributed by atoms with Crippen molar-refractivity contribution >= 4 is 44.6 Å². The van der Waals surface area contributed by atoms with Crippen LogP contribution in [0.4, 0.5) is 5.69 Å². The number of ketones is 1. The van der Waals surface area contributed by atoms with Gasteiger partial charge in [0.25, 0.3) is 11.5 Å². The Kier molecular flexibility index (Phi) is 5.13. The van der Waals surface area contributed by atoms with Gasteiger partial charge < -0.3 is 20.4 Å². The molecule has 0 saturated carbocycles. The van der Waals surface area contributed by atoms with E-state index in [-0.39, 0.29) is 23.9 Å². The van der Waals surface area contributed by atoms with Gasteiger partial charge in [0, 0.05) is 17.8 Å². The van der Waals surface area contributed by atoms with Crippen LogP contribution < -0.4 is 20.9 Å². The number of hydrogen-bond acceptors (Lipinski definition) is 7. The summed E-state index contributed by atoms with van der Waals surface area (Å²) in [5.41, 5.74) is 2.53. The van der Waals surface area contributed by atoms with Crippen molar-refractivity contribution in [3.8, 4) is 5.75 Å². The number of aryl methyl sites for hydroxylation is 1. The van der Waals surface area contributed by atoms with E-state index in [1.807, 2.05) is 19.1 Å². The van der Waals surface area contributed by atoms with Gasteiger partial charge >= 0.3 is 0 Å². The van der Waals surface area contributed by atoms with Gasteiger partial charge in [0.2, 0.25) is 0 Å². The maximum absolute atomic E-state index is 12.6. The number of H-pyrrole nitrogens is 1. The number of aromatic nitrogens is 2. The average molecular weight is 424 g/mol. The molecule has 0 bridgehead atoms. The van der Waals surface area contributed by atoms with Gasteiger partial charge in [-0.05, 0) is 37.1 Å². The Morgan fingerprint density at radius 1 is 1.37 bits per heavy atom. The summed E-state index contributed by atoms with van der Waals surface area (Å²) in [5, 5.41) is 6.43. The van der Waals surface area contributed by atoms with Gasteiger partial charge in [-0.25, -0.2) is 4.98 Å². The Balaban J connectivity index is 1.54. The summed E-state index contributed by atoms with van der Waals surface area (Å²) in [6.45, 7) is 7.77. The number of aromatic amines is 1. The Morgan fingerprint density at radius 2 is 2.17 bits per heavy atom. The number of rotatable bonds is 6. The summed E-state index contributed by atoms with van der Waals surface area (Å²) in [6.07, 6.45) is 0.291. The van der Waals surface area contributed by atoms with E-state index in [0.717, 1.165) is 16.0 Å². The molecular formula is C21H20N4O4S. The van der Waals surface area contributed by atoms with E-state index in [9.17, 15) is 14.4 Å². The lowest BCUT2D eigenvalue weighted by atomic mass is 10.1. The molecule has 30 heavy (non-hydrogen) atoms. The predicted octanol–water partition coefficient (Wildman–Crippen LogP) is 2.52. The minimum absolute atomic E-state index is 0.0131. The number of anilines is 1. The Labute approximate surface area is 176 Å². The standard InChI is InChI=1S/C21H20N4O4S/c1-10(26)6-16-11(2)18-20(28)24-19(25-21(18)30-16)12(3)22-8-13-4-5-15-14(7-13)23-17(27)9-29-15/h4-5,7,22H,3,6,8-9H2,1-2H3,(H,23,27)(H,24,25,28).